The van der Waals surface area contributed by atoms with Crippen LogP contribution in [-0.4, -0.2) is 25.8 Å². The SMILES string of the molecule is O=C(O)C1(n2cc3ccncc3n2)CCCCC1. The third-order valence-electron chi connectivity index (χ3n) is 3.83. The van der Waals surface area contributed by atoms with E-state index in [1.807, 2.05) is 12.3 Å². The van der Waals surface area contributed by atoms with Crippen LogP contribution in [0, 0.1) is 0 Å². The number of hydrogen-bond acceptors (Lipinski definition) is 3. The van der Waals surface area contributed by atoms with E-state index in [-0.39, 0.29) is 0 Å². The van der Waals surface area contributed by atoms with Gasteiger partial charge in [0.25, 0.3) is 0 Å². The van der Waals surface area contributed by atoms with Gasteiger partial charge in [-0.2, -0.15) is 5.10 Å². The van der Waals surface area contributed by atoms with Gasteiger partial charge in [0, 0.05) is 17.8 Å². The summed E-state index contributed by atoms with van der Waals surface area (Å²) in [6.07, 6.45) is 9.51. The van der Waals surface area contributed by atoms with Crippen molar-refractivity contribution in [1.82, 2.24) is 14.8 Å². The summed E-state index contributed by atoms with van der Waals surface area (Å²) in [5, 5.41) is 14.9. The molecule has 1 fully saturated rings. The second kappa shape index (κ2) is 4.08. The quantitative estimate of drug-likeness (QED) is 0.880. The van der Waals surface area contributed by atoms with Crippen LogP contribution in [0.3, 0.4) is 0 Å². The summed E-state index contributed by atoms with van der Waals surface area (Å²) >= 11 is 0. The molecule has 0 amide bonds. The molecule has 18 heavy (non-hydrogen) atoms. The lowest BCUT2D eigenvalue weighted by Crippen LogP contribution is -2.43. The summed E-state index contributed by atoms with van der Waals surface area (Å²) < 4.78 is 1.64. The Kier molecular flexibility index (Phi) is 2.54. The van der Waals surface area contributed by atoms with Crippen LogP contribution in [0.4, 0.5) is 0 Å². The highest BCUT2D eigenvalue weighted by atomic mass is 16.4. The van der Waals surface area contributed by atoms with Gasteiger partial charge in [-0.3, -0.25) is 9.67 Å². The van der Waals surface area contributed by atoms with Gasteiger partial charge in [-0.25, -0.2) is 4.79 Å². The van der Waals surface area contributed by atoms with Crippen LogP contribution >= 0.6 is 0 Å². The zero-order chi connectivity index (χ0) is 12.6. The fourth-order valence-electron chi connectivity index (χ4n) is 2.76. The summed E-state index contributed by atoms with van der Waals surface area (Å²) in [6.45, 7) is 0. The third kappa shape index (κ3) is 1.58. The molecule has 0 saturated heterocycles. The van der Waals surface area contributed by atoms with Crippen molar-refractivity contribution in [2.75, 3.05) is 0 Å². The van der Waals surface area contributed by atoms with Gasteiger partial charge in [-0.05, 0) is 18.9 Å². The van der Waals surface area contributed by atoms with Gasteiger partial charge in [0.1, 0.15) is 5.52 Å². The summed E-state index contributed by atoms with van der Waals surface area (Å²) in [5.74, 6) is -0.775. The predicted octanol–water partition coefficient (Wildman–Crippen LogP) is 2.18. The standard InChI is InChI=1S/C13H15N3O2/c17-12(18)13(5-2-1-3-6-13)16-9-10-4-7-14-8-11(10)15-16/h4,7-9H,1-3,5-6H2,(H,17,18). The topological polar surface area (TPSA) is 68.0 Å². The molecule has 0 atom stereocenters. The molecule has 1 aliphatic rings. The molecular weight excluding hydrogens is 230 g/mol. The Morgan fingerprint density at radius 1 is 1.33 bits per heavy atom. The number of fused-ring (bicyclic) bond motifs is 1. The van der Waals surface area contributed by atoms with Crippen LogP contribution in [-0.2, 0) is 10.3 Å². The van der Waals surface area contributed by atoms with Crippen molar-refractivity contribution < 1.29 is 9.90 Å². The first kappa shape index (κ1) is 11.2. The summed E-state index contributed by atoms with van der Waals surface area (Å²) in [5.41, 5.74) is -0.110. The Hall–Kier alpha value is -1.91. The second-order valence-corrected chi connectivity index (χ2v) is 4.91. The molecule has 0 unspecified atom stereocenters. The van der Waals surface area contributed by atoms with E-state index >= 15 is 0 Å². The molecule has 5 nitrogen and oxygen atoms in total. The molecule has 2 aromatic heterocycles. The van der Waals surface area contributed by atoms with Crippen LogP contribution in [0.5, 0.6) is 0 Å². The molecule has 2 heterocycles. The zero-order valence-corrected chi connectivity index (χ0v) is 10.0. The average molecular weight is 245 g/mol. The first-order chi connectivity index (χ1) is 8.72. The number of rotatable bonds is 2. The average Bonchev–Trinajstić information content (AvgIpc) is 2.83. The van der Waals surface area contributed by atoms with E-state index in [9.17, 15) is 9.90 Å². The normalized spacial score (nSPS) is 18.9. The van der Waals surface area contributed by atoms with Gasteiger partial charge in [-0.1, -0.05) is 19.3 Å². The molecule has 0 aliphatic heterocycles. The van der Waals surface area contributed by atoms with Crippen molar-refractivity contribution in [2.24, 2.45) is 0 Å². The van der Waals surface area contributed by atoms with E-state index in [1.165, 1.54) is 0 Å². The van der Waals surface area contributed by atoms with Crippen LogP contribution in [0.25, 0.3) is 10.9 Å². The maximum Gasteiger partial charge on any atom is 0.331 e. The Morgan fingerprint density at radius 3 is 2.78 bits per heavy atom. The Morgan fingerprint density at radius 2 is 2.11 bits per heavy atom. The van der Waals surface area contributed by atoms with E-state index in [0.717, 1.165) is 30.2 Å². The smallest absolute Gasteiger partial charge is 0.331 e. The molecular formula is C13H15N3O2. The Labute approximate surface area is 104 Å². The molecule has 0 aromatic carbocycles. The van der Waals surface area contributed by atoms with Crippen molar-refractivity contribution >= 4 is 16.9 Å². The lowest BCUT2D eigenvalue weighted by Gasteiger charge is -2.33. The summed E-state index contributed by atoms with van der Waals surface area (Å²) in [7, 11) is 0. The monoisotopic (exact) mass is 245 g/mol. The van der Waals surface area contributed by atoms with E-state index in [4.69, 9.17) is 0 Å². The van der Waals surface area contributed by atoms with E-state index < -0.39 is 11.5 Å². The van der Waals surface area contributed by atoms with E-state index in [1.54, 1.807) is 17.1 Å². The highest BCUT2D eigenvalue weighted by Gasteiger charge is 2.42. The van der Waals surface area contributed by atoms with Gasteiger partial charge in [0.05, 0.1) is 6.20 Å². The molecule has 5 heteroatoms. The highest BCUT2D eigenvalue weighted by molar-refractivity contribution is 5.80. The van der Waals surface area contributed by atoms with Gasteiger partial charge in [0.15, 0.2) is 5.54 Å². The molecule has 1 N–H and O–H groups in total. The van der Waals surface area contributed by atoms with E-state index in [0.29, 0.717) is 12.8 Å². The maximum absolute atomic E-state index is 11.7. The van der Waals surface area contributed by atoms with Crippen molar-refractivity contribution in [3.63, 3.8) is 0 Å². The number of carbonyl (C=O) groups is 1. The first-order valence-corrected chi connectivity index (χ1v) is 6.26. The molecule has 3 rings (SSSR count). The van der Waals surface area contributed by atoms with Crippen molar-refractivity contribution in [3.05, 3.63) is 24.7 Å². The number of nitrogens with zero attached hydrogens (tertiary/aromatic N) is 3. The largest absolute Gasteiger partial charge is 0.479 e. The van der Waals surface area contributed by atoms with Crippen molar-refractivity contribution in [2.45, 2.75) is 37.6 Å². The maximum atomic E-state index is 11.7. The second-order valence-electron chi connectivity index (χ2n) is 4.91. The minimum atomic E-state index is -0.864. The van der Waals surface area contributed by atoms with Gasteiger partial charge in [0.2, 0.25) is 0 Å². The molecule has 94 valence electrons. The lowest BCUT2D eigenvalue weighted by molar-refractivity contribution is -0.150. The van der Waals surface area contributed by atoms with E-state index in [2.05, 4.69) is 10.1 Å². The van der Waals surface area contributed by atoms with Gasteiger partial charge in [-0.15, -0.1) is 0 Å². The first-order valence-electron chi connectivity index (χ1n) is 6.26. The Balaban J connectivity index is 2.12. The van der Waals surface area contributed by atoms with Gasteiger partial charge >= 0.3 is 5.97 Å². The molecule has 0 bridgehead atoms. The summed E-state index contributed by atoms with van der Waals surface area (Å²) in [4.78, 5) is 15.7. The third-order valence-corrected chi connectivity index (χ3v) is 3.83. The predicted molar refractivity (Wildman–Crippen MR) is 66.2 cm³/mol. The number of aromatic nitrogens is 3. The zero-order valence-electron chi connectivity index (χ0n) is 10.0. The molecule has 0 spiro atoms. The van der Waals surface area contributed by atoms with Crippen molar-refractivity contribution in [3.8, 4) is 0 Å². The molecule has 0 radical (unpaired) electrons. The number of pyridine rings is 1. The lowest BCUT2D eigenvalue weighted by atomic mass is 9.82. The van der Waals surface area contributed by atoms with Crippen LogP contribution in [0.15, 0.2) is 24.7 Å². The minimum Gasteiger partial charge on any atom is -0.479 e. The minimum absolute atomic E-state index is 0.656. The Bertz CT molecular complexity index is 552. The molecule has 1 saturated carbocycles. The molecule has 1 aliphatic carbocycles. The fourth-order valence-corrected chi connectivity index (χ4v) is 2.76. The van der Waals surface area contributed by atoms with Crippen LogP contribution < -0.4 is 0 Å². The molecule has 2 aromatic rings. The number of carboxylic acid groups (broad SMARTS) is 1. The highest BCUT2D eigenvalue weighted by Crippen LogP contribution is 2.35. The van der Waals surface area contributed by atoms with Crippen molar-refractivity contribution in [1.29, 1.82) is 0 Å². The number of aliphatic carboxylic acids is 1. The van der Waals surface area contributed by atoms with Crippen LogP contribution in [0.1, 0.15) is 32.1 Å². The fraction of sp³-hybridized carbons (Fsp3) is 0.462. The van der Waals surface area contributed by atoms with Gasteiger partial charge < -0.3 is 5.11 Å². The summed E-state index contributed by atoms with van der Waals surface area (Å²) in [6, 6.07) is 1.86. The number of carboxylic acids is 1. The number of hydrogen-bond donors (Lipinski definition) is 1. The van der Waals surface area contributed by atoms with Crippen LogP contribution in [0.2, 0.25) is 0 Å².